The van der Waals surface area contributed by atoms with Crippen LogP contribution in [0.15, 0.2) is 34.8 Å². The molecule has 4 heteroatoms. The maximum atomic E-state index is 6.00. The molecule has 0 radical (unpaired) electrons. The second kappa shape index (κ2) is 6.81. The van der Waals surface area contributed by atoms with E-state index in [0.29, 0.717) is 12.5 Å². The molecule has 18 heavy (non-hydrogen) atoms. The van der Waals surface area contributed by atoms with Gasteiger partial charge in [0, 0.05) is 6.54 Å². The Balaban J connectivity index is 1.88. The van der Waals surface area contributed by atoms with Gasteiger partial charge in [-0.1, -0.05) is 37.3 Å². The highest BCUT2D eigenvalue weighted by Crippen LogP contribution is 2.20. The van der Waals surface area contributed by atoms with Crippen molar-refractivity contribution in [1.29, 1.82) is 0 Å². The fourth-order valence-corrected chi connectivity index (χ4v) is 2.47. The number of nitrogens with zero attached hydrogens (tertiary/aromatic N) is 2. The zero-order valence-corrected chi connectivity index (χ0v) is 11.6. The van der Waals surface area contributed by atoms with Gasteiger partial charge in [-0.15, -0.1) is 4.47 Å². The molecule has 1 saturated heterocycles. The van der Waals surface area contributed by atoms with Crippen LogP contribution < -0.4 is 0 Å². The van der Waals surface area contributed by atoms with Gasteiger partial charge in [-0.05, 0) is 24.3 Å². The van der Waals surface area contributed by atoms with E-state index in [4.69, 9.17) is 17.2 Å². The zero-order valence-electron chi connectivity index (χ0n) is 10.8. The van der Waals surface area contributed by atoms with E-state index in [2.05, 4.69) is 23.5 Å². The summed E-state index contributed by atoms with van der Waals surface area (Å²) in [5, 5.41) is 1.95. The van der Waals surface area contributed by atoms with Crippen LogP contribution in [0.3, 0.4) is 0 Å². The fourth-order valence-electron chi connectivity index (χ4n) is 2.32. The highest BCUT2D eigenvalue weighted by atomic mass is 32.1. The molecule has 1 aromatic carbocycles. The maximum Gasteiger partial charge on any atom is 0.0774 e. The molecule has 2 atom stereocenters. The topological polar surface area (TPSA) is 24.8 Å². The molecular formula is C14H20N2OS. The molecule has 0 aliphatic carbocycles. The first kappa shape index (κ1) is 13.4. The Morgan fingerprint density at radius 3 is 2.89 bits per heavy atom. The van der Waals surface area contributed by atoms with Gasteiger partial charge in [-0.25, -0.2) is 0 Å². The maximum absolute atomic E-state index is 6.00. The average molecular weight is 264 g/mol. The van der Waals surface area contributed by atoms with E-state index in [9.17, 15) is 0 Å². The molecule has 0 amide bonds. The third-order valence-corrected chi connectivity index (χ3v) is 3.63. The fraction of sp³-hybridized carbons (Fsp3) is 0.571. The minimum absolute atomic E-state index is 0.231. The van der Waals surface area contributed by atoms with Crippen LogP contribution in [0.2, 0.25) is 0 Å². The van der Waals surface area contributed by atoms with Crippen LogP contribution in [0, 0.1) is 5.92 Å². The van der Waals surface area contributed by atoms with Gasteiger partial charge >= 0.3 is 0 Å². The van der Waals surface area contributed by atoms with Crippen LogP contribution >= 0.6 is 0 Å². The van der Waals surface area contributed by atoms with Gasteiger partial charge in [0.2, 0.25) is 0 Å². The smallest absolute Gasteiger partial charge is 0.0774 e. The number of rotatable bonds is 4. The normalized spacial score (nSPS) is 24.6. The Kier molecular flexibility index (Phi) is 5.08. The molecule has 0 spiro atoms. The van der Waals surface area contributed by atoms with Gasteiger partial charge in [0.15, 0.2) is 0 Å². The van der Waals surface area contributed by atoms with Crippen molar-refractivity contribution in [3.63, 3.8) is 0 Å². The minimum Gasteiger partial charge on any atom is -0.372 e. The lowest BCUT2D eigenvalue weighted by Crippen LogP contribution is -2.28. The summed E-state index contributed by atoms with van der Waals surface area (Å²) in [7, 11) is 0. The molecule has 0 bridgehead atoms. The standard InChI is InChI=1S/C14H20N2OS/c1-12-7-8-16(15-18)10-14(9-12)17-11-13-5-3-2-4-6-13/h2-6,12,14H,7-11H2,1H3. The third-order valence-electron chi connectivity index (χ3n) is 3.40. The van der Waals surface area contributed by atoms with Crippen LogP contribution in [-0.4, -0.2) is 24.2 Å². The van der Waals surface area contributed by atoms with E-state index in [1.807, 2.05) is 23.2 Å². The first-order valence-electron chi connectivity index (χ1n) is 6.51. The lowest BCUT2D eigenvalue weighted by Gasteiger charge is -2.21. The summed E-state index contributed by atoms with van der Waals surface area (Å²) in [6, 6.07) is 10.3. The first-order valence-corrected chi connectivity index (χ1v) is 6.88. The van der Waals surface area contributed by atoms with E-state index in [1.54, 1.807) is 0 Å². The summed E-state index contributed by atoms with van der Waals surface area (Å²) in [6.45, 7) is 4.71. The van der Waals surface area contributed by atoms with Crippen molar-refractivity contribution in [2.45, 2.75) is 32.5 Å². The minimum atomic E-state index is 0.231. The van der Waals surface area contributed by atoms with Gasteiger partial charge in [0.05, 0.1) is 31.7 Å². The van der Waals surface area contributed by atoms with Crippen molar-refractivity contribution in [3.05, 3.63) is 35.9 Å². The Morgan fingerprint density at radius 1 is 1.39 bits per heavy atom. The van der Waals surface area contributed by atoms with Gasteiger partial charge in [-0.2, -0.15) is 0 Å². The van der Waals surface area contributed by atoms with Crippen LogP contribution in [0.5, 0.6) is 0 Å². The molecule has 1 aromatic rings. The Morgan fingerprint density at radius 2 is 2.17 bits per heavy atom. The second-order valence-electron chi connectivity index (χ2n) is 5.04. The van der Waals surface area contributed by atoms with Gasteiger partial charge < -0.3 is 4.74 Å². The predicted octanol–water partition coefficient (Wildman–Crippen LogP) is 2.95. The first-order chi connectivity index (χ1) is 8.78. The second-order valence-corrected chi connectivity index (χ2v) is 5.21. The summed E-state index contributed by atoms with van der Waals surface area (Å²) in [6.07, 6.45) is 2.47. The van der Waals surface area contributed by atoms with Crippen LogP contribution in [0.4, 0.5) is 0 Å². The van der Waals surface area contributed by atoms with E-state index in [1.165, 1.54) is 5.56 Å². The molecule has 0 aromatic heterocycles. The van der Waals surface area contributed by atoms with Crippen molar-refractivity contribution >= 4 is 12.4 Å². The van der Waals surface area contributed by atoms with Crippen LogP contribution in [-0.2, 0) is 23.8 Å². The quantitative estimate of drug-likeness (QED) is 0.836. The summed E-state index contributed by atoms with van der Waals surface area (Å²) < 4.78 is 9.89. The predicted molar refractivity (Wildman–Crippen MR) is 74.8 cm³/mol. The summed E-state index contributed by atoms with van der Waals surface area (Å²) in [5.74, 6) is 0.674. The molecular weight excluding hydrogens is 244 g/mol. The summed E-state index contributed by atoms with van der Waals surface area (Å²) in [5.41, 5.74) is 1.22. The lowest BCUT2D eigenvalue weighted by molar-refractivity contribution is 0.0144. The Hall–Kier alpha value is -1.00. The Labute approximate surface area is 114 Å². The van der Waals surface area contributed by atoms with Crippen LogP contribution in [0.1, 0.15) is 25.3 Å². The molecule has 1 heterocycles. The van der Waals surface area contributed by atoms with Crippen molar-refractivity contribution in [1.82, 2.24) is 5.01 Å². The van der Waals surface area contributed by atoms with Crippen molar-refractivity contribution < 1.29 is 4.74 Å². The van der Waals surface area contributed by atoms with Crippen LogP contribution in [0.25, 0.3) is 0 Å². The molecule has 2 unspecified atom stereocenters. The molecule has 0 N–H and O–H groups in total. The largest absolute Gasteiger partial charge is 0.372 e. The number of benzene rings is 1. The molecule has 0 saturated carbocycles. The molecule has 2 rings (SSSR count). The lowest BCUT2D eigenvalue weighted by atomic mass is 10.0. The molecule has 1 fully saturated rings. The molecule has 1 aliphatic rings. The number of hydrogen-bond donors (Lipinski definition) is 0. The van der Waals surface area contributed by atoms with E-state index in [-0.39, 0.29) is 6.10 Å². The SMILES string of the molecule is CC1CCN(N=S)CC(OCc2ccccc2)C1. The average Bonchev–Trinajstić information content (AvgIpc) is 2.59. The van der Waals surface area contributed by atoms with Gasteiger partial charge in [-0.3, -0.25) is 5.01 Å². The van der Waals surface area contributed by atoms with E-state index < -0.39 is 0 Å². The zero-order chi connectivity index (χ0) is 12.8. The Bertz CT molecular complexity index is 371. The number of ether oxygens (including phenoxy) is 1. The van der Waals surface area contributed by atoms with Crippen molar-refractivity contribution in [2.24, 2.45) is 10.4 Å². The van der Waals surface area contributed by atoms with Crippen molar-refractivity contribution in [2.75, 3.05) is 13.1 Å². The van der Waals surface area contributed by atoms with Gasteiger partial charge in [0.25, 0.3) is 0 Å². The third kappa shape index (κ3) is 4.03. The number of hydrogen-bond acceptors (Lipinski definition) is 3. The molecule has 98 valence electrons. The highest BCUT2D eigenvalue weighted by molar-refractivity contribution is 7.47. The molecule has 1 aliphatic heterocycles. The monoisotopic (exact) mass is 264 g/mol. The van der Waals surface area contributed by atoms with Crippen molar-refractivity contribution in [3.8, 4) is 0 Å². The van der Waals surface area contributed by atoms with E-state index in [0.717, 1.165) is 25.9 Å². The van der Waals surface area contributed by atoms with E-state index >= 15 is 0 Å². The summed E-state index contributed by atoms with van der Waals surface area (Å²) >= 11 is 4.80. The highest BCUT2D eigenvalue weighted by Gasteiger charge is 2.21. The molecule has 3 nitrogen and oxygen atoms in total. The van der Waals surface area contributed by atoms with Gasteiger partial charge in [0.1, 0.15) is 0 Å². The summed E-state index contributed by atoms with van der Waals surface area (Å²) in [4.78, 5) is 0.